The highest BCUT2D eigenvalue weighted by Crippen LogP contribution is 2.41. The second-order valence-corrected chi connectivity index (χ2v) is 9.16. The number of carbonyl (C=O) groups is 1. The van der Waals surface area contributed by atoms with Crippen LogP contribution in [-0.2, 0) is 10.3 Å². The molecule has 1 amide bonds. The van der Waals surface area contributed by atoms with E-state index in [4.69, 9.17) is 16.1 Å². The van der Waals surface area contributed by atoms with Gasteiger partial charge in [-0.15, -0.1) is 17.8 Å². The monoisotopic (exact) mass is 450 g/mol. The zero-order valence-corrected chi connectivity index (χ0v) is 19.0. The molecule has 1 aliphatic rings. The van der Waals surface area contributed by atoms with Crippen LogP contribution < -0.4 is 10.2 Å². The second kappa shape index (κ2) is 9.40. The van der Waals surface area contributed by atoms with E-state index in [9.17, 15) is 4.79 Å². The van der Waals surface area contributed by atoms with Gasteiger partial charge in [0.1, 0.15) is 16.5 Å². The van der Waals surface area contributed by atoms with Crippen molar-refractivity contribution >= 4 is 23.2 Å². The number of rotatable bonds is 6. The van der Waals surface area contributed by atoms with Gasteiger partial charge in [-0.2, -0.15) is 5.10 Å². The Balaban J connectivity index is 1.65. The number of aromatic nitrogens is 4. The van der Waals surface area contributed by atoms with Crippen LogP contribution in [0.2, 0.25) is 0 Å². The van der Waals surface area contributed by atoms with Gasteiger partial charge in [0, 0.05) is 31.0 Å². The van der Waals surface area contributed by atoms with E-state index in [1.807, 2.05) is 38.2 Å². The molecular formula is C23H26N6O2S. The van der Waals surface area contributed by atoms with Crippen molar-refractivity contribution < 1.29 is 9.53 Å². The number of amides is 1. The standard InChI is InChI=1S/C23H26N6O2S/c1-4-13-31-22(30)26-23(2,3)18-14-17(27-28-18)19-20(29-11-6-5-7-12-29)25-21(32-19)16-9-8-10-24-15-16/h1,8-10,14-15H,5-7,11-13H2,2-3H3,(H,26,30)(H,27,28). The van der Waals surface area contributed by atoms with E-state index in [-0.39, 0.29) is 6.61 Å². The molecule has 8 nitrogen and oxygen atoms in total. The predicted octanol–water partition coefficient (Wildman–Crippen LogP) is 4.18. The first-order chi connectivity index (χ1) is 15.5. The van der Waals surface area contributed by atoms with Gasteiger partial charge < -0.3 is 15.0 Å². The lowest BCUT2D eigenvalue weighted by molar-refractivity contribution is 0.148. The molecular weight excluding hydrogens is 424 g/mol. The van der Waals surface area contributed by atoms with Crippen molar-refractivity contribution in [3.8, 4) is 33.5 Å². The van der Waals surface area contributed by atoms with E-state index < -0.39 is 11.6 Å². The van der Waals surface area contributed by atoms with Crippen molar-refractivity contribution in [1.82, 2.24) is 25.5 Å². The molecule has 0 spiro atoms. The summed E-state index contributed by atoms with van der Waals surface area (Å²) in [7, 11) is 0. The number of terminal acetylenes is 1. The summed E-state index contributed by atoms with van der Waals surface area (Å²) in [6, 6.07) is 5.88. The summed E-state index contributed by atoms with van der Waals surface area (Å²) in [6.45, 7) is 5.64. The number of hydrogen-bond donors (Lipinski definition) is 2. The minimum atomic E-state index is -0.723. The number of nitrogens with zero attached hydrogens (tertiary/aromatic N) is 4. The number of ether oxygens (including phenoxy) is 1. The number of H-pyrrole nitrogens is 1. The average Bonchev–Trinajstić information content (AvgIpc) is 3.47. The molecule has 0 aliphatic carbocycles. The number of pyridine rings is 1. The van der Waals surface area contributed by atoms with E-state index in [0.29, 0.717) is 0 Å². The number of thiazole rings is 1. The van der Waals surface area contributed by atoms with E-state index in [0.717, 1.165) is 58.6 Å². The van der Waals surface area contributed by atoms with Gasteiger partial charge in [-0.1, -0.05) is 5.92 Å². The minimum Gasteiger partial charge on any atom is -0.436 e. The lowest BCUT2D eigenvalue weighted by atomic mass is 10.0. The molecule has 0 unspecified atom stereocenters. The normalized spacial score (nSPS) is 14.1. The molecule has 2 N–H and O–H groups in total. The molecule has 1 saturated heterocycles. The van der Waals surface area contributed by atoms with Gasteiger partial charge in [0.2, 0.25) is 0 Å². The number of carbonyl (C=O) groups excluding carboxylic acids is 1. The van der Waals surface area contributed by atoms with Crippen molar-refractivity contribution in [2.45, 2.75) is 38.6 Å². The summed E-state index contributed by atoms with van der Waals surface area (Å²) in [5.41, 5.74) is 1.81. The fourth-order valence-electron chi connectivity index (χ4n) is 3.64. The van der Waals surface area contributed by atoms with Crippen molar-refractivity contribution in [3.05, 3.63) is 36.3 Å². The fraction of sp³-hybridized carbons (Fsp3) is 0.391. The molecule has 166 valence electrons. The number of alkyl carbamates (subject to hydrolysis) is 1. The molecule has 4 heterocycles. The van der Waals surface area contributed by atoms with Crippen molar-refractivity contribution in [2.75, 3.05) is 24.6 Å². The zero-order chi connectivity index (χ0) is 22.6. The highest BCUT2D eigenvalue weighted by Gasteiger charge is 2.28. The Morgan fingerprint density at radius 3 is 2.91 bits per heavy atom. The van der Waals surface area contributed by atoms with Gasteiger partial charge in [-0.05, 0) is 51.3 Å². The summed E-state index contributed by atoms with van der Waals surface area (Å²) in [4.78, 5) is 24.6. The molecule has 3 aromatic heterocycles. The number of nitrogens with one attached hydrogen (secondary N) is 2. The fourth-order valence-corrected chi connectivity index (χ4v) is 4.67. The van der Waals surface area contributed by atoms with E-state index >= 15 is 0 Å². The third-order valence-electron chi connectivity index (χ3n) is 5.36. The first kappa shape index (κ1) is 21.8. The van der Waals surface area contributed by atoms with Crippen LogP contribution in [0.4, 0.5) is 10.6 Å². The van der Waals surface area contributed by atoms with Crippen LogP contribution >= 0.6 is 11.3 Å². The van der Waals surface area contributed by atoms with Crippen molar-refractivity contribution in [2.24, 2.45) is 0 Å². The van der Waals surface area contributed by atoms with Crippen LogP contribution in [0.15, 0.2) is 30.6 Å². The Bertz CT molecular complexity index is 1110. The molecule has 0 atom stereocenters. The smallest absolute Gasteiger partial charge is 0.408 e. The van der Waals surface area contributed by atoms with E-state index in [2.05, 4.69) is 31.3 Å². The Morgan fingerprint density at radius 1 is 1.38 bits per heavy atom. The molecule has 0 saturated carbocycles. The van der Waals surface area contributed by atoms with Gasteiger partial charge >= 0.3 is 6.09 Å². The second-order valence-electron chi connectivity index (χ2n) is 8.16. The number of piperidine rings is 1. The van der Waals surface area contributed by atoms with Crippen molar-refractivity contribution in [3.63, 3.8) is 0 Å². The summed E-state index contributed by atoms with van der Waals surface area (Å²) in [5.74, 6) is 3.23. The third kappa shape index (κ3) is 4.75. The summed E-state index contributed by atoms with van der Waals surface area (Å²) < 4.78 is 4.95. The Hall–Kier alpha value is -3.38. The first-order valence-corrected chi connectivity index (χ1v) is 11.4. The largest absolute Gasteiger partial charge is 0.436 e. The van der Waals surface area contributed by atoms with Gasteiger partial charge in [0.25, 0.3) is 0 Å². The Labute approximate surface area is 191 Å². The van der Waals surface area contributed by atoms with Crippen molar-refractivity contribution in [1.29, 1.82) is 0 Å². The van der Waals surface area contributed by atoms with Crippen LogP contribution in [-0.4, -0.2) is 46.0 Å². The maximum atomic E-state index is 12.0. The molecule has 0 radical (unpaired) electrons. The van der Waals surface area contributed by atoms with Gasteiger partial charge in [0.05, 0.1) is 16.1 Å². The number of hydrogen-bond acceptors (Lipinski definition) is 7. The molecule has 32 heavy (non-hydrogen) atoms. The summed E-state index contributed by atoms with van der Waals surface area (Å²) >= 11 is 1.60. The SMILES string of the molecule is C#CCOC(=O)NC(C)(C)c1cc(-c2sc(-c3cccnc3)nc2N2CCCCC2)n[nH]1. The third-order valence-corrected chi connectivity index (χ3v) is 6.47. The summed E-state index contributed by atoms with van der Waals surface area (Å²) in [6.07, 6.45) is 11.7. The van der Waals surface area contributed by atoms with E-state index in [1.54, 1.807) is 17.5 Å². The van der Waals surface area contributed by atoms with Gasteiger partial charge in [0.15, 0.2) is 6.61 Å². The molecule has 1 fully saturated rings. The Kier molecular flexibility index (Phi) is 6.42. The zero-order valence-electron chi connectivity index (χ0n) is 18.2. The van der Waals surface area contributed by atoms with Crippen LogP contribution in [0.25, 0.3) is 21.1 Å². The molecule has 9 heteroatoms. The first-order valence-electron chi connectivity index (χ1n) is 10.6. The lowest BCUT2D eigenvalue weighted by Crippen LogP contribution is -2.41. The number of anilines is 1. The van der Waals surface area contributed by atoms with Crippen LogP contribution in [0.1, 0.15) is 38.8 Å². The molecule has 1 aliphatic heterocycles. The molecule has 0 bridgehead atoms. The number of aromatic amines is 1. The van der Waals surface area contributed by atoms with Crippen LogP contribution in [0.5, 0.6) is 0 Å². The highest BCUT2D eigenvalue weighted by atomic mass is 32.1. The van der Waals surface area contributed by atoms with Gasteiger partial charge in [-0.3, -0.25) is 10.1 Å². The Morgan fingerprint density at radius 2 is 2.19 bits per heavy atom. The quantitative estimate of drug-likeness (QED) is 0.547. The molecule has 3 aromatic rings. The summed E-state index contributed by atoms with van der Waals surface area (Å²) in [5, 5.41) is 11.4. The maximum absolute atomic E-state index is 12.0. The minimum absolute atomic E-state index is 0.0761. The molecule has 0 aromatic carbocycles. The average molecular weight is 451 g/mol. The van der Waals surface area contributed by atoms with Crippen LogP contribution in [0, 0.1) is 12.3 Å². The molecule has 4 rings (SSSR count). The highest BCUT2D eigenvalue weighted by molar-refractivity contribution is 7.19. The van der Waals surface area contributed by atoms with Gasteiger partial charge in [-0.25, -0.2) is 9.78 Å². The van der Waals surface area contributed by atoms with Crippen LogP contribution in [0.3, 0.4) is 0 Å². The lowest BCUT2D eigenvalue weighted by Gasteiger charge is -2.27. The topological polar surface area (TPSA) is 96.0 Å². The maximum Gasteiger partial charge on any atom is 0.408 e. The predicted molar refractivity (Wildman–Crippen MR) is 125 cm³/mol. The van der Waals surface area contributed by atoms with E-state index in [1.165, 1.54) is 6.42 Å².